The first-order chi connectivity index (χ1) is 12.8. The average Bonchev–Trinajstić information content (AvgIpc) is 2.90. The fourth-order valence-corrected chi connectivity index (χ4v) is 2.99. The molecule has 0 amide bonds. The molecule has 2 N–H and O–H groups in total. The summed E-state index contributed by atoms with van der Waals surface area (Å²) >= 11 is 0. The maximum absolute atomic E-state index is 13.0. The van der Waals surface area contributed by atoms with Gasteiger partial charge in [-0.3, -0.25) is 4.79 Å². The Hall–Kier alpha value is -2.96. The quantitative estimate of drug-likeness (QED) is 0.857. The summed E-state index contributed by atoms with van der Waals surface area (Å²) in [5, 5.41) is 0. The van der Waals surface area contributed by atoms with E-state index < -0.39 is 23.6 Å². The van der Waals surface area contributed by atoms with Gasteiger partial charge in [0, 0.05) is 6.42 Å². The number of benzene rings is 2. The molecule has 4 nitrogen and oxygen atoms in total. The van der Waals surface area contributed by atoms with Gasteiger partial charge < -0.3 is 15.2 Å². The Labute approximate surface area is 154 Å². The second kappa shape index (κ2) is 7.34. The first-order valence-electron chi connectivity index (χ1n) is 8.40. The van der Waals surface area contributed by atoms with E-state index in [1.807, 2.05) is 19.1 Å². The largest absolute Gasteiger partial charge is 0.494 e. The van der Waals surface area contributed by atoms with Crippen LogP contribution >= 0.6 is 0 Å². The zero-order chi connectivity index (χ0) is 19.6. The van der Waals surface area contributed by atoms with Crippen LogP contribution < -0.4 is 10.5 Å². The minimum Gasteiger partial charge on any atom is -0.494 e. The van der Waals surface area contributed by atoms with Crippen molar-refractivity contribution in [2.45, 2.75) is 25.6 Å². The summed E-state index contributed by atoms with van der Waals surface area (Å²) in [5.41, 5.74) is 5.80. The fraction of sp³-hybridized carbons (Fsp3) is 0.250. The van der Waals surface area contributed by atoms with E-state index in [-0.39, 0.29) is 23.4 Å². The molecule has 0 radical (unpaired) electrons. The lowest BCUT2D eigenvalue weighted by Crippen LogP contribution is -2.21. The summed E-state index contributed by atoms with van der Waals surface area (Å²) in [4.78, 5) is 12.8. The van der Waals surface area contributed by atoms with Crippen molar-refractivity contribution in [2.75, 3.05) is 6.61 Å². The summed E-state index contributed by atoms with van der Waals surface area (Å²) < 4.78 is 49.9. The maximum Gasteiger partial charge on any atom is 0.416 e. The number of alkyl halides is 3. The SMILES string of the molecule is CCOc1ccccc1CC1OC(N)=C(c2cccc(C(F)(F)F)c2)C1=O. The molecular formula is C20H18F3NO3. The maximum atomic E-state index is 13.0. The standard InChI is InChI=1S/C20H18F3NO3/c1-2-26-15-9-4-3-6-12(15)11-16-18(25)17(19(24)27-16)13-7-5-8-14(10-13)20(21,22)23/h3-10,16H,2,11,24H2,1H3. The van der Waals surface area contributed by atoms with Crippen molar-refractivity contribution in [3.63, 3.8) is 0 Å². The lowest BCUT2D eigenvalue weighted by molar-refractivity contribution is -0.137. The van der Waals surface area contributed by atoms with E-state index in [0.29, 0.717) is 12.4 Å². The highest BCUT2D eigenvalue weighted by atomic mass is 19.4. The number of Topliss-reactive ketones (excluding diaryl/α,β-unsaturated/α-hetero) is 1. The lowest BCUT2D eigenvalue weighted by Gasteiger charge is -2.14. The van der Waals surface area contributed by atoms with Crippen LogP contribution in [0.15, 0.2) is 54.4 Å². The Morgan fingerprint density at radius 3 is 2.59 bits per heavy atom. The molecular weight excluding hydrogens is 359 g/mol. The first kappa shape index (κ1) is 18.8. The van der Waals surface area contributed by atoms with Gasteiger partial charge in [0.1, 0.15) is 5.75 Å². The lowest BCUT2D eigenvalue weighted by atomic mass is 9.96. The monoisotopic (exact) mass is 377 g/mol. The van der Waals surface area contributed by atoms with E-state index in [9.17, 15) is 18.0 Å². The van der Waals surface area contributed by atoms with Crippen LogP contribution in [0, 0.1) is 0 Å². The third-order valence-electron chi connectivity index (χ3n) is 4.21. The fourth-order valence-electron chi connectivity index (χ4n) is 2.99. The minimum atomic E-state index is -4.51. The van der Waals surface area contributed by atoms with Crippen molar-refractivity contribution in [1.29, 1.82) is 0 Å². The Balaban J connectivity index is 1.85. The number of hydrogen-bond acceptors (Lipinski definition) is 4. The van der Waals surface area contributed by atoms with E-state index in [4.69, 9.17) is 15.2 Å². The smallest absolute Gasteiger partial charge is 0.416 e. The van der Waals surface area contributed by atoms with Gasteiger partial charge in [-0.2, -0.15) is 13.2 Å². The normalized spacial score (nSPS) is 17.2. The third-order valence-corrected chi connectivity index (χ3v) is 4.21. The average molecular weight is 377 g/mol. The number of rotatable bonds is 5. The predicted octanol–water partition coefficient (Wildman–Crippen LogP) is 3.94. The van der Waals surface area contributed by atoms with Crippen LogP contribution in [0.4, 0.5) is 13.2 Å². The molecule has 3 rings (SSSR count). The van der Waals surface area contributed by atoms with E-state index in [0.717, 1.165) is 17.7 Å². The Bertz CT molecular complexity index is 890. The molecule has 0 bridgehead atoms. The molecule has 1 atom stereocenters. The molecule has 0 aliphatic carbocycles. The van der Waals surface area contributed by atoms with E-state index >= 15 is 0 Å². The van der Waals surface area contributed by atoms with Crippen LogP contribution in [0.5, 0.6) is 5.75 Å². The molecule has 0 aromatic heterocycles. The number of para-hydroxylation sites is 1. The van der Waals surface area contributed by atoms with Gasteiger partial charge in [-0.1, -0.05) is 30.3 Å². The summed E-state index contributed by atoms with van der Waals surface area (Å²) in [7, 11) is 0. The van der Waals surface area contributed by atoms with Gasteiger partial charge in [0.25, 0.3) is 0 Å². The van der Waals surface area contributed by atoms with Crippen molar-refractivity contribution in [1.82, 2.24) is 0 Å². The Morgan fingerprint density at radius 2 is 1.89 bits per heavy atom. The van der Waals surface area contributed by atoms with Crippen molar-refractivity contribution in [3.05, 3.63) is 71.1 Å². The van der Waals surface area contributed by atoms with Crippen LogP contribution in [-0.4, -0.2) is 18.5 Å². The number of nitrogens with two attached hydrogens (primary N) is 1. The highest BCUT2D eigenvalue weighted by Gasteiger charge is 2.37. The predicted molar refractivity (Wildman–Crippen MR) is 93.7 cm³/mol. The van der Waals surface area contributed by atoms with Crippen LogP contribution in [-0.2, 0) is 22.1 Å². The number of hydrogen-bond donors (Lipinski definition) is 1. The summed E-state index contributed by atoms with van der Waals surface area (Å²) in [6.07, 6.45) is -5.21. The van der Waals surface area contributed by atoms with Crippen LogP contribution in [0.2, 0.25) is 0 Å². The van der Waals surface area contributed by atoms with Crippen LogP contribution in [0.3, 0.4) is 0 Å². The van der Waals surface area contributed by atoms with Gasteiger partial charge >= 0.3 is 6.18 Å². The molecule has 2 aromatic carbocycles. The zero-order valence-electron chi connectivity index (χ0n) is 14.5. The number of ether oxygens (including phenoxy) is 2. The van der Waals surface area contributed by atoms with Crippen LogP contribution in [0.1, 0.15) is 23.6 Å². The topological polar surface area (TPSA) is 61.6 Å². The molecule has 1 aliphatic heterocycles. The Kier molecular flexibility index (Phi) is 5.12. The molecule has 0 fully saturated rings. The molecule has 0 saturated carbocycles. The molecule has 142 valence electrons. The van der Waals surface area contributed by atoms with Gasteiger partial charge in [0.15, 0.2) is 12.0 Å². The summed E-state index contributed by atoms with van der Waals surface area (Å²) in [5.74, 6) is 0.0128. The van der Waals surface area contributed by atoms with Gasteiger partial charge in [0.2, 0.25) is 5.78 Å². The van der Waals surface area contributed by atoms with Crippen molar-refractivity contribution in [3.8, 4) is 5.75 Å². The molecule has 0 spiro atoms. The van der Waals surface area contributed by atoms with Gasteiger partial charge in [-0.25, -0.2) is 0 Å². The molecule has 1 unspecified atom stereocenters. The van der Waals surface area contributed by atoms with Crippen LogP contribution in [0.25, 0.3) is 5.57 Å². The third kappa shape index (κ3) is 3.92. The molecule has 7 heteroatoms. The highest BCUT2D eigenvalue weighted by Crippen LogP contribution is 2.35. The molecule has 1 aliphatic rings. The summed E-state index contributed by atoms with van der Waals surface area (Å²) in [6.45, 7) is 2.31. The van der Waals surface area contributed by atoms with Crippen molar-refractivity contribution in [2.24, 2.45) is 5.73 Å². The first-order valence-corrected chi connectivity index (χ1v) is 8.40. The van der Waals surface area contributed by atoms with Gasteiger partial charge in [0.05, 0.1) is 17.7 Å². The van der Waals surface area contributed by atoms with E-state index in [1.165, 1.54) is 12.1 Å². The number of ketones is 1. The summed E-state index contributed by atoms with van der Waals surface area (Å²) in [6, 6.07) is 11.7. The van der Waals surface area contributed by atoms with E-state index in [2.05, 4.69) is 0 Å². The van der Waals surface area contributed by atoms with E-state index in [1.54, 1.807) is 12.1 Å². The van der Waals surface area contributed by atoms with Crippen molar-refractivity contribution >= 4 is 11.4 Å². The van der Waals surface area contributed by atoms with Gasteiger partial charge in [-0.15, -0.1) is 0 Å². The zero-order valence-corrected chi connectivity index (χ0v) is 14.5. The molecule has 0 saturated heterocycles. The Morgan fingerprint density at radius 1 is 1.15 bits per heavy atom. The molecule has 2 aromatic rings. The highest BCUT2D eigenvalue weighted by molar-refractivity contribution is 6.25. The second-order valence-corrected chi connectivity index (χ2v) is 6.03. The second-order valence-electron chi connectivity index (χ2n) is 6.03. The number of carbonyl (C=O) groups excluding carboxylic acids is 1. The van der Waals surface area contributed by atoms with Crippen molar-refractivity contribution < 1.29 is 27.4 Å². The minimum absolute atomic E-state index is 0.0278. The van der Waals surface area contributed by atoms with Gasteiger partial charge in [-0.05, 0) is 36.2 Å². The molecule has 1 heterocycles. The molecule has 27 heavy (non-hydrogen) atoms. The number of halogens is 3. The number of carbonyl (C=O) groups is 1.